The van der Waals surface area contributed by atoms with Gasteiger partial charge in [0.25, 0.3) is 0 Å². The maximum absolute atomic E-state index is 11.0. The molecule has 0 spiro atoms. The fourth-order valence-electron chi connectivity index (χ4n) is 1.37. The van der Waals surface area contributed by atoms with E-state index in [0.717, 1.165) is 4.47 Å². The molecule has 1 amide bonds. The van der Waals surface area contributed by atoms with Gasteiger partial charge < -0.3 is 10.5 Å². The Labute approximate surface area is 121 Å². The highest BCUT2D eigenvalue weighted by Gasteiger charge is 2.07. The van der Waals surface area contributed by atoms with E-state index in [-0.39, 0.29) is 0 Å². The number of amides is 1. The van der Waals surface area contributed by atoms with Crippen LogP contribution in [0.25, 0.3) is 0 Å². The van der Waals surface area contributed by atoms with Crippen LogP contribution in [0.3, 0.4) is 0 Å². The predicted molar refractivity (Wildman–Crippen MR) is 76.9 cm³/mol. The lowest BCUT2D eigenvalue weighted by Crippen LogP contribution is -2.10. The first-order valence-electron chi connectivity index (χ1n) is 5.09. The lowest BCUT2D eigenvalue weighted by molar-refractivity contribution is 0.1000. The van der Waals surface area contributed by atoms with Gasteiger partial charge in [-0.25, -0.2) is 0 Å². The van der Waals surface area contributed by atoms with Crippen LogP contribution in [0.15, 0.2) is 51.4 Å². The molecule has 2 aromatic carbocycles. The van der Waals surface area contributed by atoms with Crippen molar-refractivity contribution in [2.45, 2.75) is 0 Å². The molecular formula is C13H9Br2NO2. The normalized spacial score (nSPS) is 10.1. The Bertz CT molecular complexity index is 582. The number of primary amides is 1. The molecule has 0 aliphatic heterocycles. The van der Waals surface area contributed by atoms with Crippen LogP contribution in [0.4, 0.5) is 0 Å². The summed E-state index contributed by atoms with van der Waals surface area (Å²) in [4.78, 5) is 11.0. The van der Waals surface area contributed by atoms with Gasteiger partial charge in [-0.3, -0.25) is 4.79 Å². The number of ether oxygens (including phenoxy) is 1. The highest BCUT2D eigenvalue weighted by molar-refractivity contribution is 9.10. The van der Waals surface area contributed by atoms with E-state index in [1.165, 1.54) is 0 Å². The van der Waals surface area contributed by atoms with Gasteiger partial charge in [-0.15, -0.1) is 0 Å². The highest BCUT2D eigenvalue weighted by Crippen LogP contribution is 2.30. The van der Waals surface area contributed by atoms with Gasteiger partial charge >= 0.3 is 0 Å². The number of hydrogen-bond donors (Lipinski definition) is 1. The summed E-state index contributed by atoms with van der Waals surface area (Å²) in [6.07, 6.45) is 0. The fourth-order valence-corrected chi connectivity index (χ4v) is 2.09. The third-order valence-corrected chi connectivity index (χ3v) is 3.41. The van der Waals surface area contributed by atoms with E-state index in [0.29, 0.717) is 21.5 Å². The molecule has 0 aliphatic carbocycles. The van der Waals surface area contributed by atoms with E-state index in [9.17, 15) is 4.79 Å². The standard InChI is InChI=1S/C13H9Br2NO2/c14-9-2-4-10(5-3-9)18-12-6-1-8(13(16)17)7-11(12)15/h1-7H,(H2,16,17). The second-order valence-corrected chi connectivity index (χ2v) is 5.34. The molecular weight excluding hydrogens is 362 g/mol. The summed E-state index contributed by atoms with van der Waals surface area (Å²) in [6.45, 7) is 0. The minimum Gasteiger partial charge on any atom is -0.456 e. The van der Waals surface area contributed by atoms with Crippen molar-refractivity contribution < 1.29 is 9.53 Å². The number of halogens is 2. The van der Waals surface area contributed by atoms with E-state index >= 15 is 0 Å². The maximum Gasteiger partial charge on any atom is 0.248 e. The Hall–Kier alpha value is -1.33. The fraction of sp³-hybridized carbons (Fsp3) is 0. The smallest absolute Gasteiger partial charge is 0.248 e. The first-order chi connectivity index (χ1) is 8.56. The molecule has 5 heteroatoms. The molecule has 92 valence electrons. The Balaban J connectivity index is 2.24. The molecule has 0 bridgehead atoms. The minimum absolute atomic E-state index is 0.435. The summed E-state index contributed by atoms with van der Waals surface area (Å²) in [6, 6.07) is 12.4. The molecule has 2 N–H and O–H groups in total. The topological polar surface area (TPSA) is 52.3 Å². The zero-order valence-corrected chi connectivity index (χ0v) is 12.4. The first kappa shape index (κ1) is 13.1. The third kappa shape index (κ3) is 3.11. The molecule has 0 aliphatic rings. The van der Waals surface area contributed by atoms with E-state index in [2.05, 4.69) is 31.9 Å². The number of rotatable bonds is 3. The number of benzene rings is 2. The van der Waals surface area contributed by atoms with Crippen molar-refractivity contribution >= 4 is 37.8 Å². The van der Waals surface area contributed by atoms with Crippen LogP contribution in [0.2, 0.25) is 0 Å². The first-order valence-corrected chi connectivity index (χ1v) is 6.67. The van der Waals surface area contributed by atoms with Crippen molar-refractivity contribution in [3.63, 3.8) is 0 Å². The average molecular weight is 371 g/mol. The average Bonchev–Trinajstić information content (AvgIpc) is 2.34. The van der Waals surface area contributed by atoms with E-state index < -0.39 is 5.91 Å². The molecule has 3 nitrogen and oxygen atoms in total. The number of nitrogens with two attached hydrogens (primary N) is 1. The summed E-state index contributed by atoms with van der Waals surface area (Å²) in [5.41, 5.74) is 5.63. The zero-order valence-electron chi connectivity index (χ0n) is 9.19. The van der Waals surface area contributed by atoms with Crippen LogP contribution in [-0.4, -0.2) is 5.91 Å². The third-order valence-electron chi connectivity index (χ3n) is 2.26. The summed E-state index contributed by atoms with van der Waals surface area (Å²) in [5, 5.41) is 0. The minimum atomic E-state index is -0.467. The van der Waals surface area contributed by atoms with Gasteiger partial charge in [0.2, 0.25) is 5.91 Å². The quantitative estimate of drug-likeness (QED) is 0.884. The van der Waals surface area contributed by atoms with Crippen LogP contribution in [0.5, 0.6) is 11.5 Å². The lowest BCUT2D eigenvalue weighted by Gasteiger charge is -2.08. The number of carbonyl (C=O) groups is 1. The lowest BCUT2D eigenvalue weighted by atomic mass is 10.2. The second-order valence-electron chi connectivity index (χ2n) is 3.57. The zero-order chi connectivity index (χ0) is 13.1. The van der Waals surface area contributed by atoms with Crippen molar-refractivity contribution in [2.24, 2.45) is 5.73 Å². The van der Waals surface area contributed by atoms with Crippen molar-refractivity contribution in [1.29, 1.82) is 0 Å². The molecule has 2 aromatic rings. The van der Waals surface area contributed by atoms with Crippen molar-refractivity contribution in [2.75, 3.05) is 0 Å². The van der Waals surface area contributed by atoms with E-state index in [4.69, 9.17) is 10.5 Å². The molecule has 0 saturated carbocycles. The van der Waals surface area contributed by atoms with Gasteiger partial charge in [0, 0.05) is 10.0 Å². The van der Waals surface area contributed by atoms with Gasteiger partial charge in [-0.1, -0.05) is 15.9 Å². The van der Waals surface area contributed by atoms with Crippen molar-refractivity contribution in [3.8, 4) is 11.5 Å². The van der Waals surface area contributed by atoms with Crippen molar-refractivity contribution in [1.82, 2.24) is 0 Å². The summed E-state index contributed by atoms with van der Waals surface area (Å²) in [7, 11) is 0. The second kappa shape index (κ2) is 5.54. The predicted octanol–water partition coefficient (Wildman–Crippen LogP) is 4.10. The van der Waals surface area contributed by atoms with Crippen LogP contribution >= 0.6 is 31.9 Å². The largest absolute Gasteiger partial charge is 0.456 e. The molecule has 0 fully saturated rings. The monoisotopic (exact) mass is 369 g/mol. The Kier molecular flexibility index (Phi) is 4.04. The van der Waals surface area contributed by atoms with Crippen LogP contribution < -0.4 is 10.5 Å². The summed E-state index contributed by atoms with van der Waals surface area (Å²) >= 11 is 6.70. The Morgan fingerprint density at radius 3 is 2.28 bits per heavy atom. The SMILES string of the molecule is NC(=O)c1ccc(Oc2ccc(Br)cc2)c(Br)c1. The van der Waals surface area contributed by atoms with Gasteiger partial charge in [0.05, 0.1) is 4.47 Å². The molecule has 0 radical (unpaired) electrons. The summed E-state index contributed by atoms with van der Waals surface area (Å²) in [5.74, 6) is 0.874. The Morgan fingerprint density at radius 1 is 1.06 bits per heavy atom. The molecule has 2 rings (SSSR count). The van der Waals surface area contributed by atoms with Crippen molar-refractivity contribution in [3.05, 3.63) is 57.0 Å². The van der Waals surface area contributed by atoms with E-state index in [1.807, 2.05) is 24.3 Å². The number of carbonyl (C=O) groups excluding carboxylic acids is 1. The van der Waals surface area contributed by atoms with Gasteiger partial charge in [-0.2, -0.15) is 0 Å². The van der Waals surface area contributed by atoms with Crippen LogP contribution in [-0.2, 0) is 0 Å². The van der Waals surface area contributed by atoms with Crippen LogP contribution in [0.1, 0.15) is 10.4 Å². The van der Waals surface area contributed by atoms with E-state index in [1.54, 1.807) is 18.2 Å². The molecule has 18 heavy (non-hydrogen) atoms. The molecule has 0 atom stereocenters. The molecule has 0 unspecified atom stereocenters. The summed E-state index contributed by atoms with van der Waals surface area (Å²) < 4.78 is 7.35. The molecule has 0 aromatic heterocycles. The molecule has 0 saturated heterocycles. The maximum atomic E-state index is 11.0. The highest BCUT2D eigenvalue weighted by atomic mass is 79.9. The van der Waals surface area contributed by atoms with Gasteiger partial charge in [0.1, 0.15) is 11.5 Å². The molecule has 0 heterocycles. The Morgan fingerprint density at radius 2 is 1.72 bits per heavy atom. The van der Waals surface area contributed by atoms with Gasteiger partial charge in [-0.05, 0) is 58.4 Å². The van der Waals surface area contributed by atoms with Crippen LogP contribution in [0, 0.1) is 0 Å². The van der Waals surface area contributed by atoms with Gasteiger partial charge in [0.15, 0.2) is 0 Å². The number of hydrogen-bond acceptors (Lipinski definition) is 2.